The topological polar surface area (TPSA) is 85.3 Å². The number of halogens is 1. The van der Waals surface area contributed by atoms with Crippen molar-refractivity contribution in [2.45, 2.75) is 11.3 Å². The van der Waals surface area contributed by atoms with Crippen LogP contribution in [0, 0.1) is 0 Å². The molecule has 4 rings (SSSR count). The third-order valence-corrected chi connectivity index (χ3v) is 8.50. The summed E-state index contributed by atoms with van der Waals surface area (Å²) in [7, 11) is -0.193. The molecule has 2 atom stereocenters. The molecule has 2 saturated heterocycles. The second kappa shape index (κ2) is 8.13. The van der Waals surface area contributed by atoms with Crippen molar-refractivity contribution in [3.05, 3.63) is 53.1 Å². The molecule has 158 valence electrons. The van der Waals surface area contributed by atoms with E-state index in [-0.39, 0.29) is 22.8 Å². The maximum absolute atomic E-state index is 12.7. The van der Waals surface area contributed by atoms with Gasteiger partial charge in [0.2, 0.25) is 0 Å². The highest BCUT2D eigenvalue weighted by Gasteiger charge is 2.50. The van der Waals surface area contributed by atoms with Crippen LogP contribution in [0.3, 0.4) is 0 Å². The molecule has 0 N–H and O–H groups in total. The molecule has 2 aromatic carbocycles. The quantitative estimate of drug-likeness (QED) is 0.683. The van der Waals surface area contributed by atoms with Crippen molar-refractivity contribution in [2.75, 3.05) is 30.6 Å². The summed E-state index contributed by atoms with van der Waals surface area (Å²) >= 11 is 7.64. The van der Waals surface area contributed by atoms with Gasteiger partial charge < -0.3 is 14.4 Å². The van der Waals surface area contributed by atoms with Crippen LogP contribution < -0.4 is 14.4 Å². The average Bonchev–Trinajstić information content (AvgIpc) is 3.19. The Morgan fingerprint density at radius 2 is 1.83 bits per heavy atom. The number of benzene rings is 2. The van der Waals surface area contributed by atoms with E-state index < -0.39 is 15.7 Å². The second-order valence-corrected chi connectivity index (χ2v) is 10.7. The normalized spacial score (nSPS) is 23.4. The van der Waals surface area contributed by atoms with Crippen molar-refractivity contribution in [1.82, 2.24) is 0 Å². The summed E-state index contributed by atoms with van der Waals surface area (Å²) in [4.78, 5) is 18.8. The maximum Gasteiger partial charge on any atom is 0.279 e. The van der Waals surface area contributed by atoms with E-state index >= 15 is 0 Å². The minimum atomic E-state index is -3.19. The van der Waals surface area contributed by atoms with Gasteiger partial charge in [0.25, 0.3) is 5.91 Å². The summed E-state index contributed by atoms with van der Waals surface area (Å²) in [5.41, 5.74) is 0.995. The number of anilines is 1. The van der Waals surface area contributed by atoms with Crippen LogP contribution in [0.5, 0.6) is 11.5 Å². The first-order chi connectivity index (χ1) is 14.3. The third-order valence-electron chi connectivity index (χ3n) is 5.00. The molecule has 2 aliphatic rings. The largest absolute Gasteiger partial charge is 0.495 e. The monoisotopic (exact) mass is 466 g/mol. The number of amides is 1. The summed E-state index contributed by atoms with van der Waals surface area (Å²) in [6, 6.07) is 11.6. The van der Waals surface area contributed by atoms with Gasteiger partial charge in [0.05, 0.1) is 42.5 Å². The minimum absolute atomic E-state index is 0.0313. The first-order valence-electron chi connectivity index (χ1n) is 9.09. The molecule has 0 saturated carbocycles. The van der Waals surface area contributed by atoms with E-state index in [1.54, 1.807) is 41.3 Å². The second-order valence-electron chi connectivity index (χ2n) is 6.89. The number of carbonyl (C=O) groups excluding carboxylic acids is 1. The Morgan fingerprint density at radius 3 is 2.50 bits per heavy atom. The molecule has 7 nitrogen and oxygen atoms in total. The molecule has 2 heterocycles. The van der Waals surface area contributed by atoms with Crippen molar-refractivity contribution in [3.63, 3.8) is 0 Å². The smallest absolute Gasteiger partial charge is 0.279 e. The zero-order valence-electron chi connectivity index (χ0n) is 16.2. The fraction of sp³-hybridized carbons (Fsp3) is 0.300. The lowest BCUT2D eigenvalue weighted by Gasteiger charge is -2.26. The van der Waals surface area contributed by atoms with Gasteiger partial charge in [-0.1, -0.05) is 41.6 Å². The van der Waals surface area contributed by atoms with Crippen LogP contribution in [-0.4, -0.2) is 56.5 Å². The Bertz CT molecular complexity index is 1120. The van der Waals surface area contributed by atoms with Crippen molar-refractivity contribution in [2.24, 2.45) is 4.99 Å². The molecule has 0 aliphatic carbocycles. The molecule has 2 aromatic rings. The first-order valence-corrected chi connectivity index (χ1v) is 12.2. The van der Waals surface area contributed by atoms with Crippen molar-refractivity contribution >= 4 is 50.0 Å². The number of methoxy groups -OCH3 is 2. The van der Waals surface area contributed by atoms with E-state index in [0.717, 1.165) is 0 Å². The van der Waals surface area contributed by atoms with Crippen molar-refractivity contribution in [3.8, 4) is 11.5 Å². The van der Waals surface area contributed by atoms with Crippen LogP contribution in [0.2, 0.25) is 5.02 Å². The lowest BCUT2D eigenvalue weighted by molar-refractivity contribution is 0.100. The lowest BCUT2D eigenvalue weighted by atomic mass is 10.1. The Labute approximate surface area is 183 Å². The van der Waals surface area contributed by atoms with Gasteiger partial charge in [-0.15, -0.1) is 0 Å². The number of nitrogens with zero attached hydrogens (tertiary/aromatic N) is 2. The molecule has 0 bridgehead atoms. The van der Waals surface area contributed by atoms with Gasteiger partial charge in [0, 0.05) is 16.9 Å². The Morgan fingerprint density at radius 1 is 1.13 bits per heavy atom. The van der Waals surface area contributed by atoms with E-state index in [0.29, 0.717) is 32.9 Å². The molecule has 0 spiro atoms. The fourth-order valence-electron chi connectivity index (χ4n) is 3.61. The minimum Gasteiger partial charge on any atom is -0.495 e. The molecule has 0 unspecified atom stereocenters. The van der Waals surface area contributed by atoms with Crippen LogP contribution in [0.15, 0.2) is 47.5 Å². The highest BCUT2D eigenvalue weighted by Crippen LogP contribution is 2.46. The van der Waals surface area contributed by atoms with Crippen LogP contribution in [0.4, 0.5) is 5.69 Å². The number of ether oxygens (including phenoxy) is 2. The molecule has 1 amide bonds. The Hall–Kier alpha value is -2.23. The number of thioether (sulfide) groups is 1. The van der Waals surface area contributed by atoms with Crippen LogP contribution in [0.1, 0.15) is 10.4 Å². The molecular weight excluding hydrogens is 448 g/mol. The number of fused-ring (bicyclic) bond motifs is 1. The molecule has 0 radical (unpaired) electrons. The third kappa shape index (κ3) is 3.89. The highest BCUT2D eigenvalue weighted by molar-refractivity contribution is 8.16. The maximum atomic E-state index is 12.7. The molecule has 30 heavy (non-hydrogen) atoms. The van der Waals surface area contributed by atoms with Gasteiger partial charge in [-0.3, -0.25) is 4.79 Å². The average molecular weight is 467 g/mol. The van der Waals surface area contributed by atoms with E-state index in [9.17, 15) is 13.2 Å². The van der Waals surface area contributed by atoms with Gasteiger partial charge in [-0.05, 0) is 18.2 Å². The van der Waals surface area contributed by atoms with Crippen molar-refractivity contribution < 1.29 is 22.7 Å². The summed E-state index contributed by atoms with van der Waals surface area (Å²) in [5, 5.41) is 0.535. The van der Waals surface area contributed by atoms with E-state index in [1.807, 2.05) is 6.07 Å². The number of carbonyl (C=O) groups is 1. The van der Waals surface area contributed by atoms with Crippen LogP contribution >= 0.6 is 23.4 Å². The summed E-state index contributed by atoms with van der Waals surface area (Å²) in [6.07, 6.45) is 0. The standard InChI is InChI=1S/C20H19ClN2O5S2/c1-27-16-9-17(28-2)14(8-13(16)21)23-15-10-30(25,26)11-18(15)29-20(23)22-19(24)12-6-4-3-5-7-12/h3-9,15,18H,10-11H2,1-2H3/t15-,18+/m0/s1. The van der Waals surface area contributed by atoms with E-state index in [2.05, 4.69) is 4.99 Å². The summed E-state index contributed by atoms with van der Waals surface area (Å²) in [6.45, 7) is 0. The number of hydrogen-bond acceptors (Lipinski definition) is 6. The van der Waals surface area contributed by atoms with Crippen LogP contribution in [-0.2, 0) is 9.84 Å². The lowest BCUT2D eigenvalue weighted by Crippen LogP contribution is -2.38. The summed E-state index contributed by atoms with van der Waals surface area (Å²) < 4.78 is 35.3. The molecule has 0 aromatic heterocycles. The molecule has 10 heteroatoms. The number of aliphatic imine (C=N–C) groups is 1. The first kappa shape index (κ1) is 21.0. The van der Waals surface area contributed by atoms with Gasteiger partial charge in [0.15, 0.2) is 15.0 Å². The number of sulfone groups is 1. The highest BCUT2D eigenvalue weighted by atomic mass is 35.5. The van der Waals surface area contributed by atoms with Crippen LogP contribution in [0.25, 0.3) is 0 Å². The molecular formula is C20H19ClN2O5S2. The summed E-state index contributed by atoms with van der Waals surface area (Å²) in [5.74, 6) is 0.476. The predicted octanol–water partition coefficient (Wildman–Crippen LogP) is 3.27. The zero-order chi connectivity index (χ0) is 21.5. The number of amidine groups is 1. The van der Waals surface area contributed by atoms with Gasteiger partial charge >= 0.3 is 0 Å². The fourth-order valence-corrected chi connectivity index (χ4v) is 7.75. The van der Waals surface area contributed by atoms with E-state index in [4.69, 9.17) is 21.1 Å². The molecule has 2 fully saturated rings. The number of rotatable bonds is 4. The predicted molar refractivity (Wildman–Crippen MR) is 119 cm³/mol. The van der Waals surface area contributed by atoms with Gasteiger partial charge in [-0.2, -0.15) is 4.99 Å². The van der Waals surface area contributed by atoms with Crippen molar-refractivity contribution in [1.29, 1.82) is 0 Å². The van der Waals surface area contributed by atoms with Gasteiger partial charge in [-0.25, -0.2) is 8.42 Å². The SMILES string of the molecule is COc1cc(OC)c(N2C(=NC(=O)c3ccccc3)S[C@@H]3CS(=O)(=O)C[C@@H]32)cc1Cl. The van der Waals surface area contributed by atoms with Gasteiger partial charge in [0.1, 0.15) is 11.5 Å². The Kier molecular flexibility index (Phi) is 5.69. The number of hydrogen-bond donors (Lipinski definition) is 0. The molecule has 2 aliphatic heterocycles. The van der Waals surface area contributed by atoms with E-state index in [1.165, 1.54) is 26.0 Å². The Balaban J connectivity index is 1.81. The zero-order valence-corrected chi connectivity index (χ0v) is 18.6.